The van der Waals surface area contributed by atoms with Gasteiger partial charge in [0, 0.05) is 12.2 Å². The minimum atomic E-state index is -1.24. The Balaban J connectivity index is 1.94. The lowest BCUT2D eigenvalue weighted by molar-refractivity contribution is -0.138. The van der Waals surface area contributed by atoms with E-state index in [9.17, 15) is 14.0 Å². The molecule has 0 aliphatic carbocycles. The van der Waals surface area contributed by atoms with Crippen LogP contribution < -0.4 is 10.6 Å². The zero-order chi connectivity index (χ0) is 18.4. The molecular weight excluding hydrogens is 319 g/mol. The van der Waals surface area contributed by atoms with Crippen LogP contribution in [0.2, 0.25) is 0 Å². The van der Waals surface area contributed by atoms with Gasteiger partial charge in [0.25, 0.3) is 0 Å². The van der Waals surface area contributed by atoms with Gasteiger partial charge in [0.05, 0.1) is 0 Å². The summed E-state index contributed by atoms with van der Waals surface area (Å²) in [5, 5.41) is 5.50. The van der Waals surface area contributed by atoms with Gasteiger partial charge in [-0.25, -0.2) is 4.39 Å². The lowest BCUT2D eigenvalue weighted by atomic mass is 9.90. The fraction of sp³-hybridized carbons (Fsp3) is 0.300. The van der Waals surface area contributed by atoms with Crippen molar-refractivity contribution in [2.24, 2.45) is 5.41 Å². The van der Waals surface area contributed by atoms with Crippen molar-refractivity contribution >= 4 is 17.5 Å². The highest BCUT2D eigenvalue weighted by Crippen LogP contribution is 2.21. The van der Waals surface area contributed by atoms with Crippen molar-refractivity contribution in [3.8, 4) is 0 Å². The van der Waals surface area contributed by atoms with E-state index in [1.165, 1.54) is 6.07 Å². The van der Waals surface area contributed by atoms with Gasteiger partial charge < -0.3 is 10.6 Å². The van der Waals surface area contributed by atoms with E-state index in [-0.39, 0.29) is 18.3 Å². The number of carbonyl (C=O) groups is 2. The molecule has 132 valence electrons. The van der Waals surface area contributed by atoms with Crippen molar-refractivity contribution in [3.63, 3.8) is 0 Å². The number of anilines is 1. The Morgan fingerprint density at radius 2 is 1.64 bits per heavy atom. The van der Waals surface area contributed by atoms with Crippen LogP contribution in [0.3, 0.4) is 0 Å². The molecule has 0 fully saturated rings. The maximum Gasteiger partial charge on any atom is 0.239 e. The Kier molecular flexibility index (Phi) is 5.91. The first-order valence-corrected chi connectivity index (χ1v) is 8.21. The van der Waals surface area contributed by atoms with Crippen LogP contribution >= 0.6 is 0 Å². The largest absolute Gasteiger partial charge is 0.355 e. The average Bonchev–Trinajstić information content (AvgIpc) is 2.58. The SMILES string of the molecule is Cc1ccccc1NC(=O)C(C)(C)C(=O)NCCc1ccccc1F. The third kappa shape index (κ3) is 4.66. The van der Waals surface area contributed by atoms with Crippen LogP contribution in [0.15, 0.2) is 48.5 Å². The number of amides is 2. The van der Waals surface area contributed by atoms with E-state index in [0.717, 1.165) is 5.56 Å². The summed E-state index contributed by atoms with van der Waals surface area (Å²) >= 11 is 0. The number of nitrogens with one attached hydrogen (secondary N) is 2. The smallest absolute Gasteiger partial charge is 0.239 e. The fourth-order valence-electron chi connectivity index (χ4n) is 2.33. The van der Waals surface area contributed by atoms with Crippen molar-refractivity contribution < 1.29 is 14.0 Å². The van der Waals surface area contributed by atoms with Gasteiger partial charge in [0.1, 0.15) is 11.2 Å². The zero-order valence-electron chi connectivity index (χ0n) is 14.7. The standard InChI is InChI=1S/C20H23FN2O2/c1-14-8-4-7-11-17(14)23-19(25)20(2,3)18(24)22-13-12-15-9-5-6-10-16(15)21/h4-11H,12-13H2,1-3H3,(H,22,24)(H,23,25). The van der Waals surface area contributed by atoms with Gasteiger partial charge in [0.15, 0.2) is 0 Å². The van der Waals surface area contributed by atoms with Gasteiger partial charge in [-0.3, -0.25) is 9.59 Å². The number of aryl methyl sites for hydroxylation is 1. The number of hydrogen-bond donors (Lipinski definition) is 2. The summed E-state index contributed by atoms with van der Waals surface area (Å²) in [6.07, 6.45) is 0.369. The maximum absolute atomic E-state index is 13.6. The highest BCUT2D eigenvalue weighted by molar-refractivity contribution is 6.10. The molecule has 0 unspecified atom stereocenters. The lowest BCUT2D eigenvalue weighted by Gasteiger charge is -2.23. The molecule has 0 atom stereocenters. The number of halogens is 1. The van der Waals surface area contributed by atoms with Crippen LogP contribution in [-0.2, 0) is 16.0 Å². The van der Waals surface area contributed by atoms with Crippen LogP contribution in [0.1, 0.15) is 25.0 Å². The molecule has 0 bridgehead atoms. The van der Waals surface area contributed by atoms with E-state index in [1.807, 2.05) is 25.1 Å². The first-order chi connectivity index (χ1) is 11.8. The highest BCUT2D eigenvalue weighted by atomic mass is 19.1. The van der Waals surface area contributed by atoms with E-state index in [0.29, 0.717) is 17.7 Å². The molecular formula is C20H23FN2O2. The van der Waals surface area contributed by atoms with Gasteiger partial charge in [-0.05, 0) is 50.5 Å². The predicted octanol–water partition coefficient (Wildman–Crippen LogP) is 3.46. The molecule has 5 heteroatoms. The number of benzene rings is 2. The molecule has 2 rings (SSSR count). The van der Waals surface area contributed by atoms with E-state index >= 15 is 0 Å². The second-order valence-corrected chi connectivity index (χ2v) is 6.49. The van der Waals surface area contributed by atoms with Crippen molar-refractivity contribution in [3.05, 3.63) is 65.5 Å². The summed E-state index contributed by atoms with van der Waals surface area (Å²) in [7, 11) is 0. The van der Waals surface area contributed by atoms with Crippen molar-refractivity contribution in [2.45, 2.75) is 27.2 Å². The highest BCUT2D eigenvalue weighted by Gasteiger charge is 2.36. The molecule has 2 N–H and O–H groups in total. The Morgan fingerprint density at radius 3 is 2.32 bits per heavy atom. The minimum absolute atomic E-state index is 0.265. The molecule has 2 aromatic carbocycles. The first-order valence-electron chi connectivity index (χ1n) is 8.21. The van der Waals surface area contributed by atoms with E-state index < -0.39 is 11.3 Å². The monoisotopic (exact) mass is 342 g/mol. The zero-order valence-corrected chi connectivity index (χ0v) is 14.7. The summed E-state index contributed by atoms with van der Waals surface area (Å²) in [6, 6.07) is 13.8. The van der Waals surface area contributed by atoms with Gasteiger partial charge in [-0.1, -0.05) is 36.4 Å². The van der Waals surface area contributed by atoms with Crippen LogP contribution in [0.5, 0.6) is 0 Å². The molecule has 0 aromatic heterocycles. The van der Waals surface area contributed by atoms with Gasteiger partial charge in [0.2, 0.25) is 11.8 Å². The van der Waals surface area contributed by atoms with E-state index in [1.54, 1.807) is 38.1 Å². The fourth-order valence-corrected chi connectivity index (χ4v) is 2.33. The summed E-state index contributed by atoms with van der Waals surface area (Å²) in [4.78, 5) is 24.9. The van der Waals surface area contributed by atoms with Crippen molar-refractivity contribution in [1.29, 1.82) is 0 Å². The number of carbonyl (C=O) groups excluding carboxylic acids is 2. The summed E-state index contributed by atoms with van der Waals surface area (Å²) in [6.45, 7) is 5.29. The molecule has 0 heterocycles. The predicted molar refractivity (Wildman–Crippen MR) is 96.7 cm³/mol. The Labute approximate surface area is 147 Å². The Hall–Kier alpha value is -2.69. The molecule has 0 saturated heterocycles. The van der Waals surface area contributed by atoms with Crippen molar-refractivity contribution in [1.82, 2.24) is 5.32 Å². The van der Waals surface area contributed by atoms with E-state index in [4.69, 9.17) is 0 Å². The quantitative estimate of drug-likeness (QED) is 0.790. The molecule has 0 radical (unpaired) electrons. The maximum atomic E-state index is 13.6. The van der Waals surface area contributed by atoms with Crippen molar-refractivity contribution in [2.75, 3.05) is 11.9 Å². The lowest BCUT2D eigenvalue weighted by Crippen LogP contribution is -2.45. The van der Waals surface area contributed by atoms with Crippen LogP contribution in [0, 0.1) is 18.2 Å². The van der Waals surface area contributed by atoms with Crippen LogP contribution in [0.25, 0.3) is 0 Å². The third-order valence-corrected chi connectivity index (χ3v) is 4.17. The van der Waals surface area contributed by atoms with E-state index in [2.05, 4.69) is 10.6 Å². The van der Waals surface area contributed by atoms with Gasteiger partial charge in [-0.15, -0.1) is 0 Å². The first kappa shape index (κ1) is 18.6. The summed E-state index contributed by atoms with van der Waals surface area (Å²) in [5.41, 5.74) is 0.897. The van der Waals surface area contributed by atoms with Crippen LogP contribution in [-0.4, -0.2) is 18.4 Å². The molecule has 2 amide bonds. The molecule has 0 aliphatic heterocycles. The second-order valence-electron chi connectivity index (χ2n) is 6.49. The number of para-hydroxylation sites is 1. The number of hydrogen-bond acceptors (Lipinski definition) is 2. The Morgan fingerprint density at radius 1 is 1.00 bits per heavy atom. The Bertz CT molecular complexity index is 772. The second kappa shape index (κ2) is 7.92. The third-order valence-electron chi connectivity index (χ3n) is 4.17. The molecule has 0 spiro atoms. The minimum Gasteiger partial charge on any atom is -0.355 e. The van der Waals surface area contributed by atoms with Gasteiger partial charge in [-0.2, -0.15) is 0 Å². The summed E-state index contributed by atoms with van der Waals surface area (Å²) in [5.74, 6) is -1.08. The molecule has 2 aromatic rings. The molecule has 0 saturated carbocycles. The molecule has 4 nitrogen and oxygen atoms in total. The molecule has 25 heavy (non-hydrogen) atoms. The van der Waals surface area contributed by atoms with Crippen LogP contribution in [0.4, 0.5) is 10.1 Å². The van der Waals surface area contributed by atoms with Gasteiger partial charge >= 0.3 is 0 Å². The normalized spacial score (nSPS) is 11.0. The average molecular weight is 342 g/mol. The molecule has 0 aliphatic rings. The topological polar surface area (TPSA) is 58.2 Å². The summed E-state index contributed by atoms with van der Waals surface area (Å²) < 4.78 is 13.6. The number of rotatable bonds is 6.